The first-order chi connectivity index (χ1) is 10.3. The van der Waals surface area contributed by atoms with Gasteiger partial charge < -0.3 is 9.94 Å². The van der Waals surface area contributed by atoms with Crippen molar-refractivity contribution in [2.45, 2.75) is 24.5 Å². The molecular formula is C18H19NO2. The molecule has 2 aromatic carbocycles. The van der Waals surface area contributed by atoms with Crippen molar-refractivity contribution in [2.24, 2.45) is 0 Å². The van der Waals surface area contributed by atoms with Crippen molar-refractivity contribution >= 4 is 0 Å². The van der Waals surface area contributed by atoms with E-state index < -0.39 is 0 Å². The molecule has 108 valence electrons. The fourth-order valence-electron chi connectivity index (χ4n) is 3.61. The molecule has 0 amide bonds. The predicted molar refractivity (Wildman–Crippen MR) is 80.1 cm³/mol. The third-order valence-corrected chi connectivity index (χ3v) is 4.73. The number of ether oxygens (including phenoxy) is 1. The van der Waals surface area contributed by atoms with Crippen LogP contribution in [0.15, 0.2) is 54.6 Å². The lowest BCUT2D eigenvalue weighted by atomic mass is 9.83. The molecule has 21 heavy (non-hydrogen) atoms. The second kappa shape index (κ2) is 4.95. The van der Waals surface area contributed by atoms with E-state index in [1.165, 1.54) is 21.8 Å². The van der Waals surface area contributed by atoms with Crippen LogP contribution in [-0.4, -0.2) is 23.4 Å². The van der Waals surface area contributed by atoms with Gasteiger partial charge in [-0.05, 0) is 29.5 Å². The van der Waals surface area contributed by atoms with Crippen molar-refractivity contribution in [3.05, 3.63) is 71.3 Å². The van der Waals surface area contributed by atoms with Crippen LogP contribution < -0.4 is 0 Å². The topological polar surface area (TPSA) is 32.7 Å². The van der Waals surface area contributed by atoms with Crippen LogP contribution in [0.4, 0.5) is 0 Å². The zero-order chi connectivity index (χ0) is 14.3. The molecule has 0 saturated carbocycles. The van der Waals surface area contributed by atoms with Crippen LogP contribution in [0.2, 0.25) is 0 Å². The Labute approximate surface area is 124 Å². The molecule has 3 heteroatoms. The largest absolute Gasteiger partial charge is 0.358 e. The first-order valence-electron chi connectivity index (χ1n) is 7.54. The molecular weight excluding hydrogens is 262 g/mol. The van der Waals surface area contributed by atoms with Crippen molar-refractivity contribution in [3.8, 4) is 0 Å². The normalized spacial score (nSPS) is 24.1. The van der Waals surface area contributed by atoms with Crippen LogP contribution in [0, 0.1) is 0 Å². The number of hydrogen-bond acceptors (Lipinski definition) is 3. The number of fused-ring (bicyclic) bond motifs is 2. The summed E-state index contributed by atoms with van der Waals surface area (Å²) in [5, 5.41) is 11.1. The average molecular weight is 281 g/mol. The van der Waals surface area contributed by atoms with E-state index >= 15 is 0 Å². The van der Waals surface area contributed by atoms with Gasteiger partial charge in [0.15, 0.2) is 0 Å². The third kappa shape index (κ3) is 2.09. The number of benzene rings is 2. The van der Waals surface area contributed by atoms with Crippen molar-refractivity contribution in [2.75, 3.05) is 13.1 Å². The molecule has 2 aromatic rings. The van der Waals surface area contributed by atoms with Crippen LogP contribution in [-0.2, 0) is 10.3 Å². The average Bonchev–Trinajstić information content (AvgIpc) is 2.87. The molecule has 0 radical (unpaired) electrons. The van der Waals surface area contributed by atoms with Gasteiger partial charge in [0, 0.05) is 13.1 Å². The highest BCUT2D eigenvalue weighted by molar-refractivity contribution is 5.43. The molecule has 2 aliphatic rings. The highest BCUT2D eigenvalue weighted by atomic mass is 16.5. The minimum absolute atomic E-state index is 0.00708. The van der Waals surface area contributed by atoms with Crippen LogP contribution in [0.1, 0.15) is 35.6 Å². The minimum atomic E-state index is -0.240. The Kier molecular flexibility index (Phi) is 3.07. The Hall–Kier alpha value is -1.68. The summed E-state index contributed by atoms with van der Waals surface area (Å²) in [6.45, 7) is 1.33. The van der Waals surface area contributed by atoms with Gasteiger partial charge >= 0.3 is 0 Å². The minimum Gasteiger partial charge on any atom is -0.358 e. The summed E-state index contributed by atoms with van der Waals surface area (Å²) in [6, 6.07) is 18.9. The molecule has 3 nitrogen and oxygen atoms in total. The van der Waals surface area contributed by atoms with E-state index in [1.54, 1.807) is 0 Å². The second-order valence-electron chi connectivity index (χ2n) is 5.94. The molecule has 1 spiro atoms. The van der Waals surface area contributed by atoms with Gasteiger partial charge in [-0.3, -0.25) is 0 Å². The summed E-state index contributed by atoms with van der Waals surface area (Å²) < 4.78 is 6.56. The number of hydroxylamine groups is 2. The Morgan fingerprint density at radius 2 is 1.62 bits per heavy atom. The smallest absolute Gasteiger partial charge is 0.109 e. The van der Waals surface area contributed by atoms with Crippen molar-refractivity contribution in [1.82, 2.24) is 5.06 Å². The zero-order valence-corrected chi connectivity index (χ0v) is 11.9. The van der Waals surface area contributed by atoms with Crippen molar-refractivity contribution < 1.29 is 9.94 Å². The molecule has 2 heterocycles. The summed E-state index contributed by atoms with van der Waals surface area (Å²) in [5.74, 6) is 0. The molecule has 0 aliphatic carbocycles. The predicted octanol–water partition coefficient (Wildman–Crippen LogP) is 3.49. The van der Waals surface area contributed by atoms with E-state index in [4.69, 9.17) is 4.74 Å². The van der Waals surface area contributed by atoms with Crippen LogP contribution in [0.5, 0.6) is 0 Å². The Bertz CT molecular complexity index is 633. The SMILES string of the molecule is ON1CCC2(CC1)O[C@@H](c1ccccc1)c1ccccc12. The van der Waals surface area contributed by atoms with Gasteiger partial charge in [-0.15, -0.1) is 0 Å². The van der Waals surface area contributed by atoms with Crippen LogP contribution in [0.25, 0.3) is 0 Å². The van der Waals surface area contributed by atoms with E-state index in [2.05, 4.69) is 48.5 Å². The molecule has 1 fully saturated rings. The maximum Gasteiger partial charge on any atom is 0.109 e. The fraction of sp³-hybridized carbons (Fsp3) is 0.333. The molecule has 1 atom stereocenters. The van der Waals surface area contributed by atoms with Gasteiger partial charge in [0.25, 0.3) is 0 Å². The van der Waals surface area contributed by atoms with Crippen LogP contribution in [0.3, 0.4) is 0 Å². The Morgan fingerprint density at radius 3 is 2.38 bits per heavy atom. The zero-order valence-electron chi connectivity index (χ0n) is 11.9. The quantitative estimate of drug-likeness (QED) is 0.868. The molecule has 1 saturated heterocycles. The first kappa shape index (κ1) is 13.0. The molecule has 0 bridgehead atoms. The highest BCUT2D eigenvalue weighted by Gasteiger charge is 2.46. The maximum atomic E-state index is 9.66. The standard InChI is InChI=1S/C18H19NO2/c20-19-12-10-18(11-13-19)16-9-5-4-8-15(16)17(21-18)14-6-2-1-3-7-14/h1-9,17,20H,10-13H2/t17-/m0/s1. The Balaban J connectivity index is 1.77. The van der Waals surface area contributed by atoms with E-state index in [9.17, 15) is 5.21 Å². The lowest BCUT2D eigenvalue weighted by Gasteiger charge is -2.37. The summed E-state index contributed by atoms with van der Waals surface area (Å²) in [4.78, 5) is 0. The van der Waals surface area contributed by atoms with Gasteiger partial charge in [-0.25, -0.2) is 0 Å². The molecule has 4 rings (SSSR count). The number of piperidine rings is 1. The van der Waals surface area contributed by atoms with Gasteiger partial charge in [-0.2, -0.15) is 5.06 Å². The third-order valence-electron chi connectivity index (χ3n) is 4.73. The fourth-order valence-corrected chi connectivity index (χ4v) is 3.61. The molecule has 0 aromatic heterocycles. The van der Waals surface area contributed by atoms with Gasteiger partial charge in [-0.1, -0.05) is 54.6 Å². The lowest BCUT2D eigenvalue weighted by molar-refractivity contribution is -0.169. The first-order valence-corrected chi connectivity index (χ1v) is 7.54. The molecule has 0 unspecified atom stereocenters. The summed E-state index contributed by atoms with van der Waals surface area (Å²) in [5.41, 5.74) is 3.53. The van der Waals surface area contributed by atoms with Gasteiger partial charge in [0.1, 0.15) is 6.10 Å². The van der Waals surface area contributed by atoms with Crippen molar-refractivity contribution in [1.29, 1.82) is 0 Å². The van der Waals surface area contributed by atoms with E-state index in [0.717, 1.165) is 12.8 Å². The van der Waals surface area contributed by atoms with Gasteiger partial charge in [0.2, 0.25) is 0 Å². The molecule has 2 aliphatic heterocycles. The summed E-state index contributed by atoms with van der Waals surface area (Å²) >= 11 is 0. The number of hydrogen-bond donors (Lipinski definition) is 1. The summed E-state index contributed by atoms with van der Waals surface area (Å²) in [7, 11) is 0. The van der Waals surface area contributed by atoms with Crippen molar-refractivity contribution in [3.63, 3.8) is 0 Å². The van der Waals surface area contributed by atoms with E-state index in [-0.39, 0.29) is 11.7 Å². The monoisotopic (exact) mass is 281 g/mol. The summed E-state index contributed by atoms with van der Waals surface area (Å²) in [6.07, 6.45) is 1.68. The Morgan fingerprint density at radius 1 is 0.952 bits per heavy atom. The molecule has 1 N–H and O–H groups in total. The van der Waals surface area contributed by atoms with E-state index in [0.29, 0.717) is 13.1 Å². The van der Waals surface area contributed by atoms with Crippen LogP contribution >= 0.6 is 0 Å². The number of nitrogens with zero attached hydrogens (tertiary/aromatic N) is 1. The van der Waals surface area contributed by atoms with Gasteiger partial charge in [0.05, 0.1) is 5.60 Å². The number of rotatable bonds is 1. The lowest BCUT2D eigenvalue weighted by Crippen LogP contribution is -2.41. The maximum absolute atomic E-state index is 9.66. The highest BCUT2D eigenvalue weighted by Crippen LogP contribution is 2.51. The second-order valence-corrected chi connectivity index (χ2v) is 5.94. The van der Waals surface area contributed by atoms with E-state index in [1.807, 2.05) is 6.07 Å².